The van der Waals surface area contributed by atoms with Gasteiger partial charge in [0.1, 0.15) is 5.69 Å². The number of nitro benzene ring substituents is 1. The molecule has 1 saturated heterocycles. The predicted molar refractivity (Wildman–Crippen MR) is 80.9 cm³/mol. The summed E-state index contributed by atoms with van der Waals surface area (Å²) < 4.78 is 0. The van der Waals surface area contributed by atoms with Crippen LogP contribution < -0.4 is 5.32 Å². The number of nitrogens with one attached hydrogen (secondary N) is 1. The lowest BCUT2D eigenvalue weighted by molar-refractivity contribution is -0.384. The van der Waals surface area contributed by atoms with Crippen LogP contribution in [0.4, 0.5) is 11.4 Å². The topological polar surface area (TPSA) is 58.4 Å². The van der Waals surface area contributed by atoms with Gasteiger partial charge in [-0.05, 0) is 43.8 Å². The molecular formula is C15H23N3O2. The minimum atomic E-state index is -0.320. The molecule has 2 rings (SSSR count). The van der Waals surface area contributed by atoms with Crippen molar-refractivity contribution in [3.63, 3.8) is 0 Å². The Bertz CT molecular complexity index is 476. The molecule has 1 aliphatic heterocycles. The van der Waals surface area contributed by atoms with Crippen LogP contribution in [0.5, 0.6) is 0 Å². The second kappa shape index (κ2) is 6.70. The van der Waals surface area contributed by atoms with Crippen molar-refractivity contribution in [2.24, 2.45) is 5.92 Å². The quantitative estimate of drug-likeness (QED) is 0.678. The average molecular weight is 277 g/mol. The summed E-state index contributed by atoms with van der Waals surface area (Å²) in [6.45, 7) is 5.24. The Hall–Kier alpha value is -1.62. The highest BCUT2D eigenvalue weighted by molar-refractivity contribution is 5.66. The molecular weight excluding hydrogens is 254 g/mol. The molecule has 1 aromatic carbocycles. The molecule has 20 heavy (non-hydrogen) atoms. The van der Waals surface area contributed by atoms with E-state index in [1.54, 1.807) is 19.2 Å². The number of nitrogens with zero attached hydrogens (tertiary/aromatic N) is 2. The molecule has 1 heterocycles. The summed E-state index contributed by atoms with van der Waals surface area (Å²) in [5.74, 6) is 0.786. The molecule has 0 aromatic heterocycles. The van der Waals surface area contributed by atoms with Crippen LogP contribution >= 0.6 is 0 Å². The Morgan fingerprint density at radius 1 is 1.40 bits per heavy atom. The first-order valence-electron chi connectivity index (χ1n) is 7.28. The lowest BCUT2D eigenvalue weighted by Crippen LogP contribution is -2.24. The highest BCUT2D eigenvalue weighted by Gasteiger charge is 2.19. The number of anilines is 1. The minimum Gasteiger partial charge on any atom is -0.382 e. The second-order valence-electron chi connectivity index (χ2n) is 5.63. The van der Waals surface area contributed by atoms with Gasteiger partial charge in [-0.1, -0.05) is 19.1 Å². The summed E-state index contributed by atoms with van der Waals surface area (Å²) in [6.07, 6.45) is 3.71. The van der Waals surface area contributed by atoms with Crippen molar-refractivity contribution >= 4 is 11.4 Å². The summed E-state index contributed by atoms with van der Waals surface area (Å²) in [7, 11) is 1.75. The fourth-order valence-electron chi connectivity index (χ4n) is 2.88. The van der Waals surface area contributed by atoms with Crippen molar-refractivity contribution < 1.29 is 4.92 Å². The van der Waals surface area contributed by atoms with Gasteiger partial charge in [0, 0.05) is 19.7 Å². The van der Waals surface area contributed by atoms with E-state index in [9.17, 15) is 10.1 Å². The fraction of sp³-hybridized carbons (Fsp3) is 0.600. The van der Waals surface area contributed by atoms with E-state index >= 15 is 0 Å². The van der Waals surface area contributed by atoms with E-state index in [-0.39, 0.29) is 10.6 Å². The van der Waals surface area contributed by atoms with Crippen LogP contribution in [0.25, 0.3) is 0 Å². The van der Waals surface area contributed by atoms with E-state index in [1.165, 1.54) is 19.3 Å². The van der Waals surface area contributed by atoms with E-state index in [0.717, 1.165) is 31.1 Å². The molecule has 1 N–H and O–H groups in total. The van der Waals surface area contributed by atoms with Gasteiger partial charge in [-0.3, -0.25) is 15.0 Å². The van der Waals surface area contributed by atoms with Gasteiger partial charge >= 0.3 is 0 Å². The molecule has 0 bridgehead atoms. The summed E-state index contributed by atoms with van der Waals surface area (Å²) in [5.41, 5.74) is 1.82. The van der Waals surface area contributed by atoms with Crippen LogP contribution in [0, 0.1) is 16.0 Å². The van der Waals surface area contributed by atoms with Crippen LogP contribution in [-0.4, -0.2) is 30.0 Å². The monoisotopic (exact) mass is 277 g/mol. The van der Waals surface area contributed by atoms with Crippen LogP contribution in [0.1, 0.15) is 31.7 Å². The summed E-state index contributed by atoms with van der Waals surface area (Å²) >= 11 is 0. The Balaban J connectivity index is 2.16. The molecule has 5 nitrogen and oxygen atoms in total. The molecule has 0 amide bonds. The third kappa shape index (κ3) is 3.48. The number of hydrogen-bond donors (Lipinski definition) is 1. The maximum Gasteiger partial charge on any atom is 0.292 e. The Morgan fingerprint density at radius 2 is 2.20 bits per heavy atom. The maximum absolute atomic E-state index is 11.1. The van der Waals surface area contributed by atoms with Crippen LogP contribution in [0.3, 0.4) is 0 Å². The minimum absolute atomic E-state index is 0.160. The molecule has 1 fully saturated rings. The largest absolute Gasteiger partial charge is 0.382 e. The second-order valence-corrected chi connectivity index (χ2v) is 5.63. The van der Waals surface area contributed by atoms with Crippen molar-refractivity contribution in [3.8, 4) is 0 Å². The van der Waals surface area contributed by atoms with Crippen molar-refractivity contribution in [2.75, 3.05) is 25.5 Å². The molecule has 1 aliphatic rings. The SMILES string of the molecule is CNc1c(CN2CCCC(C)CC2)cccc1[N+](=O)[O-]. The highest BCUT2D eigenvalue weighted by atomic mass is 16.6. The van der Waals surface area contributed by atoms with Crippen LogP contribution in [0.15, 0.2) is 18.2 Å². The first-order chi connectivity index (χ1) is 9.61. The van der Waals surface area contributed by atoms with Gasteiger partial charge < -0.3 is 5.32 Å². The predicted octanol–water partition coefficient (Wildman–Crippen LogP) is 3.26. The van der Waals surface area contributed by atoms with E-state index in [2.05, 4.69) is 17.1 Å². The Labute approximate surface area is 120 Å². The summed E-state index contributed by atoms with van der Waals surface area (Å²) in [5, 5.41) is 14.1. The van der Waals surface area contributed by atoms with Gasteiger partial charge in [0.15, 0.2) is 0 Å². The van der Waals surface area contributed by atoms with Gasteiger partial charge in [0.25, 0.3) is 5.69 Å². The molecule has 0 radical (unpaired) electrons. The molecule has 1 aromatic rings. The number of para-hydroxylation sites is 1. The Kier molecular flexibility index (Phi) is 4.95. The smallest absolute Gasteiger partial charge is 0.292 e. The lowest BCUT2D eigenvalue weighted by atomic mass is 10.0. The van der Waals surface area contributed by atoms with Gasteiger partial charge in [-0.25, -0.2) is 0 Å². The van der Waals surface area contributed by atoms with Crippen molar-refractivity contribution in [1.29, 1.82) is 0 Å². The van der Waals surface area contributed by atoms with Crippen LogP contribution in [0.2, 0.25) is 0 Å². The number of rotatable bonds is 4. The zero-order chi connectivity index (χ0) is 14.5. The number of nitro groups is 1. The fourth-order valence-corrected chi connectivity index (χ4v) is 2.88. The maximum atomic E-state index is 11.1. The van der Waals surface area contributed by atoms with Gasteiger partial charge in [0.2, 0.25) is 0 Å². The third-order valence-corrected chi connectivity index (χ3v) is 4.08. The van der Waals surface area contributed by atoms with E-state index in [0.29, 0.717) is 5.69 Å². The van der Waals surface area contributed by atoms with Gasteiger partial charge in [0.05, 0.1) is 4.92 Å². The molecule has 1 unspecified atom stereocenters. The van der Waals surface area contributed by atoms with Crippen molar-refractivity contribution in [1.82, 2.24) is 4.90 Å². The van der Waals surface area contributed by atoms with E-state index < -0.39 is 0 Å². The normalized spacial score (nSPS) is 20.4. The van der Waals surface area contributed by atoms with E-state index in [4.69, 9.17) is 0 Å². The number of hydrogen-bond acceptors (Lipinski definition) is 4. The molecule has 0 spiro atoms. The first-order valence-corrected chi connectivity index (χ1v) is 7.28. The molecule has 5 heteroatoms. The first kappa shape index (κ1) is 14.8. The number of likely N-dealkylation sites (tertiary alicyclic amines) is 1. The van der Waals surface area contributed by atoms with E-state index in [1.807, 2.05) is 6.07 Å². The molecule has 0 saturated carbocycles. The standard InChI is InChI=1S/C15H23N3O2/c1-12-5-4-9-17(10-8-12)11-13-6-3-7-14(18(19)20)15(13)16-2/h3,6-7,12,16H,4-5,8-11H2,1-2H3. The van der Waals surface area contributed by atoms with Crippen molar-refractivity contribution in [3.05, 3.63) is 33.9 Å². The number of benzene rings is 1. The van der Waals surface area contributed by atoms with Crippen LogP contribution in [-0.2, 0) is 6.54 Å². The molecule has 110 valence electrons. The Morgan fingerprint density at radius 3 is 2.90 bits per heavy atom. The molecule has 1 atom stereocenters. The lowest BCUT2D eigenvalue weighted by Gasteiger charge is -2.21. The highest BCUT2D eigenvalue weighted by Crippen LogP contribution is 2.29. The zero-order valence-electron chi connectivity index (χ0n) is 12.3. The van der Waals surface area contributed by atoms with Gasteiger partial charge in [-0.15, -0.1) is 0 Å². The zero-order valence-corrected chi connectivity index (χ0v) is 12.3. The third-order valence-electron chi connectivity index (χ3n) is 4.08. The summed E-state index contributed by atoms with van der Waals surface area (Å²) in [6, 6.07) is 5.31. The molecule has 0 aliphatic carbocycles. The average Bonchev–Trinajstić information content (AvgIpc) is 2.63. The summed E-state index contributed by atoms with van der Waals surface area (Å²) in [4.78, 5) is 13.2. The van der Waals surface area contributed by atoms with Gasteiger partial charge in [-0.2, -0.15) is 0 Å². The van der Waals surface area contributed by atoms with Crippen molar-refractivity contribution in [2.45, 2.75) is 32.7 Å².